The average molecular weight is 378 g/mol. The molecule has 0 saturated carbocycles. The molecule has 2 aromatic carbocycles. The van der Waals surface area contributed by atoms with Gasteiger partial charge < -0.3 is 20.1 Å². The first kappa shape index (κ1) is 19.2. The molecular weight excluding hydrogens is 356 g/mol. The highest BCUT2D eigenvalue weighted by Crippen LogP contribution is 2.29. The number of aryl methyl sites for hydroxylation is 2. The highest BCUT2D eigenvalue weighted by atomic mass is 16.5. The predicted octanol–water partition coefficient (Wildman–Crippen LogP) is 4.11. The average Bonchev–Trinajstić information content (AvgIpc) is 2.69. The Balaban J connectivity index is 1.84. The Morgan fingerprint density at radius 2 is 1.71 bits per heavy atom. The molecule has 1 heterocycles. The first-order valence-corrected chi connectivity index (χ1v) is 8.72. The molecule has 7 heteroatoms. The smallest absolute Gasteiger partial charge is 0.274 e. The van der Waals surface area contributed by atoms with Crippen LogP contribution in [0.5, 0.6) is 11.5 Å². The standard InChI is InChI=1S/C21H22N4O3/c1-13-7-5-6-8-16(13)24-21-22-14(2)11-18(25-21)20(26)23-17-10-9-15(27-3)12-19(17)28-4/h5-12H,1-4H3,(H,23,26)(H,22,24,25). The van der Waals surface area contributed by atoms with Gasteiger partial charge in [0.1, 0.15) is 17.2 Å². The van der Waals surface area contributed by atoms with Crippen molar-refractivity contribution in [3.63, 3.8) is 0 Å². The molecule has 0 fully saturated rings. The van der Waals surface area contributed by atoms with E-state index in [-0.39, 0.29) is 11.6 Å². The van der Waals surface area contributed by atoms with E-state index in [0.717, 1.165) is 11.3 Å². The summed E-state index contributed by atoms with van der Waals surface area (Å²) in [4.78, 5) is 21.5. The minimum Gasteiger partial charge on any atom is -0.497 e. The van der Waals surface area contributed by atoms with Crippen LogP contribution in [0.4, 0.5) is 17.3 Å². The molecule has 0 unspecified atom stereocenters. The molecule has 28 heavy (non-hydrogen) atoms. The molecule has 0 atom stereocenters. The maximum Gasteiger partial charge on any atom is 0.274 e. The number of nitrogens with one attached hydrogen (secondary N) is 2. The SMILES string of the molecule is COc1ccc(NC(=O)c2cc(C)nc(Nc3ccccc3C)n2)c(OC)c1. The molecule has 3 aromatic rings. The zero-order chi connectivity index (χ0) is 20.1. The Bertz CT molecular complexity index is 1000. The summed E-state index contributed by atoms with van der Waals surface area (Å²) < 4.78 is 10.5. The summed E-state index contributed by atoms with van der Waals surface area (Å²) in [6.45, 7) is 3.80. The normalized spacial score (nSPS) is 10.3. The summed E-state index contributed by atoms with van der Waals surface area (Å²) in [7, 11) is 3.10. The monoisotopic (exact) mass is 378 g/mol. The van der Waals surface area contributed by atoms with E-state index in [2.05, 4.69) is 20.6 Å². The van der Waals surface area contributed by atoms with E-state index in [4.69, 9.17) is 9.47 Å². The van der Waals surface area contributed by atoms with Gasteiger partial charge >= 0.3 is 0 Å². The number of aromatic nitrogens is 2. The van der Waals surface area contributed by atoms with Crippen molar-refractivity contribution in [3.05, 3.63) is 65.5 Å². The number of hydrogen-bond donors (Lipinski definition) is 2. The summed E-state index contributed by atoms with van der Waals surface area (Å²) in [6.07, 6.45) is 0. The first-order chi connectivity index (χ1) is 13.5. The van der Waals surface area contributed by atoms with E-state index < -0.39 is 0 Å². The van der Waals surface area contributed by atoms with Crippen LogP contribution in [0.15, 0.2) is 48.5 Å². The molecule has 7 nitrogen and oxygen atoms in total. The fourth-order valence-corrected chi connectivity index (χ4v) is 2.66. The number of carbonyl (C=O) groups is 1. The molecule has 0 bridgehead atoms. The van der Waals surface area contributed by atoms with E-state index in [1.165, 1.54) is 7.11 Å². The van der Waals surface area contributed by atoms with Crippen LogP contribution in [0.1, 0.15) is 21.7 Å². The molecule has 0 aliphatic rings. The van der Waals surface area contributed by atoms with Crippen molar-refractivity contribution in [2.75, 3.05) is 24.9 Å². The fourth-order valence-electron chi connectivity index (χ4n) is 2.66. The van der Waals surface area contributed by atoms with Gasteiger partial charge in [-0.3, -0.25) is 4.79 Å². The van der Waals surface area contributed by atoms with Crippen molar-refractivity contribution in [2.24, 2.45) is 0 Å². The molecule has 1 aromatic heterocycles. The third-order valence-corrected chi connectivity index (χ3v) is 4.14. The van der Waals surface area contributed by atoms with E-state index in [1.54, 1.807) is 31.4 Å². The minimum atomic E-state index is -0.359. The second-order valence-electron chi connectivity index (χ2n) is 6.18. The summed E-state index contributed by atoms with van der Waals surface area (Å²) in [5.41, 5.74) is 3.40. The number of para-hydroxylation sites is 1. The van der Waals surface area contributed by atoms with Crippen molar-refractivity contribution >= 4 is 23.2 Å². The maximum absolute atomic E-state index is 12.7. The van der Waals surface area contributed by atoms with Crippen LogP contribution in [0, 0.1) is 13.8 Å². The lowest BCUT2D eigenvalue weighted by molar-refractivity contribution is 0.102. The maximum atomic E-state index is 12.7. The Hall–Kier alpha value is -3.61. The number of nitrogens with zero attached hydrogens (tertiary/aromatic N) is 2. The Kier molecular flexibility index (Phi) is 5.74. The number of rotatable bonds is 6. The van der Waals surface area contributed by atoms with Gasteiger partial charge in [-0.2, -0.15) is 0 Å². The predicted molar refractivity (Wildman–Crippen MR) is 109 cm³/mol. The largest absolute Gasteiger partial charge is 0.497 e. The molecule has 2 N–H and O–H groups in total. The van der Waals surface area contributed by atoms with Gasteiger partial charge in [0.25, 0.3) is 5.91 Å². The number of hydrogen-bond acceptors (Lipinski definition) is 6. The zero-order valence-electron chi connectivity index (χ0n) is 16.2. The quantitative estimate of drug-likeness (QED) is 0.671. The molecular formula is C21H22N4O3. The third-order valence-electron chi connectivity index (χ3n) is 4.14. The van der Waals surface area contributed by atoms with Gasteiger partial charge in [0, 0.05) is 17.4 Å². The lowest BCUT2D eigenvalue weighted by Gasteiger charge is -2.13. The van der Waals surface area contributed by atoms with Crippen molar-refractivity contribution < 1.29 is 14.3 Å². The number of benzene rings is 2. The number of methoxy groups -OCH3 is 2. The van der Waals surface area contributed by atoms with Crippen molar-refractivity contribution in [2.45, 2.75) is 13.8 Å². The molecule has 0 saturated heterocycles. The number of anilines is 3. The third kappa shape index (κ3) is 4.37. The van der Waals surface area contributed by atoms with E-state index in [1.807, 2.05) is 38.1 Å². The Labute approximate surface area is 163 Å². The van der Waals surface area contributed by atoms with E-state index in [9.17, 15) is 4.79 Å². The van der Waals surface area contributed by atoms with Crippen LogP contribution in [0.2, 0.25) is 0 Å². The molecule has 3 rings (SSSR count). The van der Waals surface area contributed by atoms with Gasteiger partial charge in [0.2, 0.25) is 5.95 Å². The zero-order valence-corrected chi connectivity index (χ0v) is 16.2. The van der Waals surface area contributed by atoms with Gasteiger partial charge in [0.05, 0.1) is 19.9 Å². The lowest BCUT2D eigenvalue weighted by Crippen LogP contribution is -2.16. The molecule has 0 spiro atoms. The van der Waals surface area contributed by atoms with Gasteiger partial charge in [-0.25, -0.2) is 9.97 Å². The van der Waals surface area contributed by atoms with Crippen LogP contribution >= 0.6 is 0 Å². The molecule has 0 aliphatic carbocycles. The Morgan fingerprint density at radius 3 is 2.43 bits per heavy atom. The van der Waals surface area contributed by atoms with Crippen LogP contribution in [-0.2, 0) is 0 Å². The van der Waals surface area contributed by atoms with E-state index in [0.29, 0.717) is 28.8 Å². The van der Waals surface area contributed by atoms with Crippen molar-refractivity contribution in [1.29, 1.82) is 0 Å². The van der Waals surface area contributed by atoms with Gasteiger partial charge in [0.15, 0.2) is 0 Å². The summed E-state index contributed by atoms with van der Waals surface area (Å²) in [5.74, 6) is 1.14. The van der Waals surface area contributed by atoms with Gasteiger partial charge in [-0.15, -0.1) is 0 Å². The highest BCUT2D eigenvalue weighted by Gasteiger charge is 2.14. The molecule has 144 valence electrons. The number of carbonyl (C=O) groups excluding carboxylic acids is 1. The van der Waals surface area contributed by atoms with Crippen LogP contribution in [-0.4, -0.2) is 30.1 Å². The summed E-state index contributed by atoms with van der Waals surface area (Å²) >= 11 is 0. The molecule has 0 radical (unpaired) electrons. The van der Waals surface area contributed by atoms with Crippen molar-refractivity contribution in [3.8, 4) is 11.5 Å². The van der Waals surface area contributed by atoms with Crippen LogP contribution in [0.25, 0.3) is 0 Å². The topological polar surface area (TPSA) is 85.4 Å². The lowest BCUT2D eigenvalue weighted by atomic mass is 10.2. The van der Waals surface area contributed by atoms with Gasteiger partial charge in [-0.1, -0.05) is 18.2 Å². The van der Waals surface area contributed by atoms with Gasteiger partial charge in [-0.05, 0) is 43.7 Å². The van der Waals surface area contributed by atoms with Crippen LogP contribution in [0.3, 0.4) is 0 Å². The highest BCUT2D eigenvalue weighted by molar-refractivity contribution is 6.04. The van der Waals surface area contributed by atoms with E-state index >= 15 is 0 Å². The van der Waals surface area contributed by atoms with Crippen molar-refractivity contribution in [1.82, 2.24) is 9.97 Å². The number of ether oxygens (including phenoxy) is 2. The summed E-state index contributed by atoms with van der Waals surface area (Å²) in [6, 6.07) is 14.6. The fraction of sp³-hybridized carbons (Fsp3) is 0.190. The second-order valence-corrected chi connectivity index (χ2v) is 6.18. The Morgan fingerprint density at radius 1 is 0.929 bits per heavy atom. The summed E-state index contributed by atoms with van der Waals surface area (Å²) in [5, 5.41) is 5.99. The number of amides is 1. The second kappa shape index (κ2) is 8.39. The van der Waals surface area contributed by atoms with Crippen LogP contribution < -0.4 is 20.1 Å². The minimum absolute atomic E-state index is 0.251. The molecule has 0 aliphatic heterocycles. The first-order valence-electron chi connectivity index (χ1n) is 8.72. The molecule has 1 amide bonds.